The molecular formula is C12H20. The lowest BCUT2D eigenvalue weighted by atomic mass is 9.94. The van der Waals surface area contributed by atoms with E-state index in [-0.39, 0.29) is 0 Å². The van der Waals surface area contributed by atoms with Gasteiger partial charge in [-0.3, -0.25) is 0 Å². The largest absolute Gasteiger partial charge is 0.0527 e. The maximum absolute atomic E-state index is 2.55. The third kappa shape index (κ3) is 2.24. The first-order valence-electron chi connectivity index (χ1n) is 5.62. The highest BCUT2D eigenvalue weighted by molar-refractivity contribution is 4.87. The van der Waals surface area contributed by atoms with Crippen LogP contribution in [0.3, 0.4) is 0 Å². The molecule has 2 atom stereocenters. The summed E-state index contributed by atoms with van der Waals surface area (Å²) in [5, 5.41) is 0. The van der Waals surface area contributed by atoms with Gasteiger partial charge in [-0.05, 0) is 50.4 Å². The van der Waals surface area contributed by atoms with Crippen LogP contribution in [0.2, 0.25) is 0 Å². The highest BCUT2D eigenvalue weighted by Crippen LogP contribution is 2.33. The summed E-state index contributed by atoms with van der Waals surface area (Å²) in [6.07, 6.45) is 16.7. The summed E-state index contributed by atoms with van der Waals surface area (Å²) in [4.78, 5) is 0. The van der Waals surface area contributed by atoms with Gasteiger partial charge in [0.15, 0.2) is 0 Å². The molecule has 0 aliphatic heterocycles. The Hall–Kier alpha value is 0. The van der Waals surface area contributed by atoms with Gasteiger partial charge < -0.3 is 0 Å². The van der Waals surface area contributed by atoms with Gasteiger partial charge >= 0.3 is 0 Å². The molecule has 0 nitrogen and oxygen atoms in total. The van der Waals surface area contributed by atoms with Crippen molar-refractivity contribution in [1.29, 1.82) is 0 Å². The van der Waals surface area contributed by atoms with Crippen LogP contribution >= 0.6 is 0 Å². The molecule has 2 fully saturated rings. The molecule has 0 saturated heterocycles. The third-order valence-electron chi connectivity index (χ3n) is 3.47. The van der Waals surface area contributed by atoms with Crippen LogP contribution in [0.15, 0.2) is 0 Å². The van der Waals surface area contributed by atoms with E-state index in [2.05, 4.69) is 12.8 Å². The predicted molar refractivity (Wildman–Crippen MR) is 52.5 cm³/mol. The fourth-order valence-corrected chi connectivity index (χ4v) is 2.66. The fourth-order valence-electron chi connectivity index (χ4n) is 2.66. The topological polar surface area (TPSA) is 0 Å². The molecule has 0 N–H and O–H groups in total. The Morgan fingerprint density at radius 1 is 0.833 bits per heavy atom. The molecule has 2 radical (unpaired) electrons. The van der Waals surface area contributed by atoms with E-state index in [0.717, 1.165) is 11.8 Å². The average molecular weight is 164 g/mol. The zero-order valence-electron chi connectivity index (χ0n) is 7.97. The van der Waals surface area contributed by atoms with Crippen LogP contribution in [-0.4, -0.2) is 0 Å². The van der Waals surface area contributed by atoms with Crippen molar-refractivity contribution in [3.63, 3.8) is 0 Å². The van der Waals surface area contributed by atoms with Crippen molar-refractivity contribution in [3.05, 3.63) is 12.8 Å². The van der Waals surface area contributed by atoms with Crippen molar-refractivity contribution in [3.8, 4) is 0 Å². The van der Waals surface area contributed by atoms with E-state index in [9.17, 15) is 0 Å². The molecule has 0 amide bonds. The lowest BCUT2D eigenvalue weighted by molar-refractivity contribution is 0.465. The summed E-state index contributed by atoms with van der Waals surface area (Å²) in [5.41, 5.74) is 0. The zero-order valence-corrected chi connectivity index (χ0v) is 7.97. The van der Waals surface area contributed by atoms with Crippen LogP contribution in [0.1, 0.15) is 51.4 Å². The number of hydrogen-bond acceptors (Lipinski definition) is 0. The van der Waals surface area contributed by atoms with Crippen molar-refractivity contribution < 1.29 is 0 Å². The van der Waals surface area contributed by atoms with Gasteiger partial charge in [-0.2, -0.15) is 0 Å². The van der Waals surface area contributed by atoms with Crippen molar-refractivity contribution in [1.82, 2.24) is 0 Å². The van der Waals surface area contributed by atoms with Gasteiger partial charge in [-0.15, -0.1) is 0 Å². The van der Waals surface area contributed by atoms with Gasteiger partial charge in [0.05, 0.1) is 0 Å². The van der Waals surface area contributed by atoms with E-state index in [1.165, 1.54) is 51.4 Å². The first-order valence-corrected chi connectivity index (χ1v) is 5.62. The number of rotatable bonds is 3. The predicted octanol–water partition coefficient (Wildman–Crippen LogP) is 3.78. The van der Waals surface area contributed by atoms with Crippen LogP contribution < -0.4 is 0 Å². The van der Waals surface area contributed by atoms with Crippen LogP contribution in [0, 0.1) is 24.7 Å². The fraction of sp³-hybridized carbons (Fsp3) is 0.833. The first kappa shape index (κ1) is 8.59. The lowest BCUT2D eigenvalue weighted by Crippen LogP contribution is -1.99. The molecule has 12 heavy (non-hydrogen) atoms. The van der Waals surface area contributed by atoms with Crippen LogP contribution in [0.25, 0.3) is 0 Å². The minimum atomic E-state index is 0.985. The summed E-state index contributed by atoms with van der Waals surface area (Å²) in [7, 11) is 0. The second-order valence-electron chi connectivity index (χ2n) is 4.43. The molecule has 0 spiro atoms. The molecule has 0 aromatic carbocycles. The molecule has 2 aliphatic rings. The molecular weight excluding hydrogens is 144 g/mol. The van der Waals surface area contributed by atoms with Gasteiger partial charge in [0.25, 0.3) is 0 Å². The Morgan fingerprint density at radius 3 is 1.67 bits per heavy atom. The maximum Gasteiger partial charge on any atom is -0.0355 e. The van der Waals surface area contributed by atoms with Gasteiger partial charge in [-0.1, -0.05) is 25.7 Å². The second-order valence-corrected chi connectivity index (χ2v) is 4.43. The SMILES string of the molecule is [CH]1CCCC1CCC1[CH]CCC1. The van der Waals surface area contributed by atoms with Gasteiger partial charge in [0, 0.05) is 0 Å². The molecule has 0 heteroatoms. The van der Waals surface area contributed by atoms with E-state index in [1.54, 1.807) is 0 Å². The maximum atomic E-state index is 2.55. The summed E-state index contributed by atoms with van der Waals surface area (Å²) >= 11 is 0. The number of hydrogen-bond donors (Lipinski definition) is 0. The van der Waals surface area contributed by atoms with E-state index in [1.807, 2.05) is 0 Å². The monoisotopic (exact) mass is 164 g/mol. The molecule has 2 saturated carbocycles. The molecule has 68 valence electrons. The minimum absolute atomic E-state index is 0.985. The lowest BCUT2D eigenvalue weighted by Gasteiger charge is -2.12. The quantitative estimate of drug-likeness (QED) is 0.595. The standard InChI is InChI=1S/C12H20/c1-2-6-11(5-1)9-10-12-7-3-4-8-12/h5,7,11-12H,1-4,6,8-10H2. The van der Waals surface area contributed by atoms with E-state index >= 15 is 0 Å². The Morgan fingerprint density at radius 2 is 1.33 bits per heavy atom. The molecule has 2 rings (SSSR count). The van der Waals surface area contributed by atoms with Gasteiger partial charge in [0.1, 0.15) is 0 Å². The third-order valence-corrected chi connectivity index (χ3v) is 3.47. The van der Waals surface area contributed by atoms with E-state index in [4.69, 9.17) is 0 Å². The van der Waals surface area contributed by atoms with Gasteiger partial charge in [-0.25, -0.2) is 0 Å². The van der Waals surface area contributed by atoms with Crippen molar-refractivity contribution in [2.45, 2.75) is 51.4 Å². The average Bonchev–Trinajstić information content (AvgIpc) is 2.74. The first-order chi connectivity index (χ1) is 5.95. The minimum Gasteiger partial charge on any atom is -0.0527 e. The molecule has 0 bridgehead atoms. The van der Waals surface area contributed by atoms with Crippen LogP contribution in [-0.2, 0) is 0 Å². The highest BCUT2D eigenvalue weighted by atomic mass is 14.2. The Bertz CT molecular complexity index is 100. The molecule has 2 aliphatic carbocycles. The summed E-state index contributed by atoms with van der Waals surface area (Å²) in [5.74, 6) is 1.97. The molecule has 0 aromatic heterocycles. The Kier molecular flexibility index (Phi) is 3.08. The molecule has 2 unspecified atom stereocenters. The molecule has 0 heterocycles. The summed E-state index contributed by atoms with van der Waals surface area (Å²) < 4.78 is 0. The highest BCUT2D eigenvalue weighted by Gasteiger charge is 2.19. The molecule has 0 aromatic rings. The normalized spacial score (nSPS) is 27.0. The van der Waals surface area contributed by atoms with Crippen molar-refractivity contribution in [2.24, 2.45) is 11.8 Å². The zero-order chi connectivity index (χ0) is 8.23. The second kappa shape index (κ2) is 4.30. The van der Waals surface area contributed by atoms with Gasteiger partial charge in [0.2, 0.25) is 0 Å². The summed E-state index contributed by atoms with van der Waals surface area (Å²) in [6.45, 7) is 0. The van der Waals surface area contributed by atoms with E-state index < -0.39 is 0 Å². The van der Waals surface area contributed by atoms with Crippen LogP contribution in [0.5, 0.6) is 0 Å². The van der Waals surface area contributed by atoms with Crippen LogP contribution in [0.4, 0.5) is 0 Å². The Labute approximate surface area is 76.7 Å². The van der Waals surface area contributed by atoms with Crippen molar-refractivity contribution in [2.75, 3.05) is 0 Å². The van der Waals surface area contributed by atoms with Crippen molar-refractivity contribution >= 4 is 0 Å². The Balaban J connectivity index is 1.60. The summed E-state index contributed by atoms with van der Waals surface area (Å²) in [6, 6.07) is 0. The smallest absolute Gasteiger partial charge is 0.0355 e. The van der Waals surface area contributed by atoms with E-state index in [0.29, 0.717) is 0 Å².